The van der Waals surface area contributed by atoms with E-state index in [1.54, 1.807) is 19.3 Å². The molecular weight excluding hydrogens is 260 g/mol. The topological polar surface area (TPSA) is 59.3 Å². The van der Waals surface area contributed by atoms with Gasteiger partial charge in [0.15, 0.2) is 17.2 Å². The molecule has 96 valence electrons. The van der Waals surface area contributed by atoms with Crippen LogP contribution in [0.2, 0.25) is 0 Å². The predicted octanol–water partition coefficient (Wildman–Crippen LogP) is 2.70. The maximum absolute atomic E-state index is 11.4. The molecule has 0 fully saturated rings. The fourth-order valence-electron chi connectivity index (χ4n) is 1.96. The first kappa shape index (κ1) is 11.9. The van der Waals surface area contributed by atoms with Crippen molar-refractivity contribution in [2.24, 2.45) is 0 Å². The number of imidazole rings is 1. The first-order chi connectivity index (χ1) is 9.20. The second-order valence-electron chi connectivity index (χ2n) is 4.12. The molecule has 0 spiro atoms. The van der Waals surface area contributed by atoms with E-state index in [0.29, 0.717) is 0 Å². The van der Waals surface area contributed by atoms with Crippen LogP contribution in [0, 0.1) is 0 Å². The van der Waals surface area contributed by atoms with E-state index in [1.807, 2.05) is 29.1 Å². The molecule has 0 radical (unpaired) electrons. The molecule has 3 rings (SSSR count). The summed E-state index contributed by atoms with van der Waals surface area (Å²) in [7, 11) is 1.81. The molecule has 3 heterocycles. The van der Waals surface area contributed by atoms with Crippen LogP contribution < -0.4 is 5.32 Å². The Morgan fingerprint density at radius 3 is 2.95 bits per heavy atom. The minimum absolute atomic E-state index is 0.0858. The Kier molecular flexibility index (Phi) is 2.79. The number of thiophene rings is 1. The molecule has 0 aliphatic carbocycles. The lowest BCUT2D eigenvalue weighted by Gasteiger charge is -2.02. The zero-order valence-corrected chi connectivity index (χ0v) is 11.4. The van der Waals surface area contributed by atoms with Crippen molar-refractivity contribution in [3.05, 3.63) is 34.9 Å². The second kappa shape index (κ2) is 4.47. The SMILES string of the molecule is CNc1nccn2c(-c3csc(C(C)=O)c3)cnc12. The molecule has 5 nitrogen and oxygen atoms in total. The summed E-state index contributed by atoms with van der Waals surface area (Å²) >= 11 is 1.45. The molecule has 19 heavy (non-hydrogen) atoms. The number of rotatable bonds is 3. The molecule has 3 aromatic rings. The normalized spacial score (nSPS) is 10.8. The maximum atomic E-state index is 11.4. The van der Waals surface area contributed by atoms with Crippen LogP contribution in [0.4, 0.5) is 5.82 Å². The van der Waals surface area contributed by atoms with E-state index in [2.05, 4.69) is 15.3 Å². The van der Waals surface area contributed by atoms with Crippen LogP contribution in [0.25, 0.3) is 16.9 Å². The van der Waals surface area contributed by atoms with Gasteiger partial charge in [0.25, 0.3) is 0 Å². The Labute approximate surface area is 113 Å². The molecule has 0 amide bonds. The molecule has 3 aromatic heterocycles. The Morgan fingerprint density at radius 2 is 2.26 bits per heavy atom. The fourth-order valence-corrected chi connectivity index (χ4v) is 2.77. The molecule has 0 bridgehead atoms. The number of fused-ring (bicyclic) bond motifs is 1. The van der Waals surface area contributed by atoms with Crippen LogP contribution in [0.3, 0.4) is 0 Å². The van der Waals surface area contributed by atoms with E-state index < -0.39 is 0 Å². The molecule has 0 aliphatic heterocycles. The third kappa shape index (κ3) is 1.90. The number of nitrogens with one attached hydrogen (secondary N) is 1. The zero-order chi connectivity index (χ0) is 13.4. The van der Waals surface area contributed by atoms with Gasteiger partial charge in [0.2, 0.25) is 0 Å². The highest BCUT2D eigenvalue weighted by atomic mass is 32.1. The monoisotopic (exact) mass is 272 g/mol. The van der Waals surface area contributed by atoms with Crippen molar-refractivity contribution in [3.63, 3.8) is 0 Å². The molecule has 0 aromatic carbocycles. The van der Waals surface area contributed by atoms with Gasteiger partial charge in [0, 0.05) is 30.4 Å². The highest BCUT2D eigenvalue weighted by Gasteiger charge is 2.12. The number of nitrogens with zero attached hydrogens (tertiary/aromatic N) is 3. The van der Waals surface area contributed by atoms with E-state index in [-0.39, 0.29) is 5.78 Å². The van der Waals surface area contributed by atoms with E-state index in [0.717, 1.165) is 27.6 Å². The number of Topliss-reactive ketones (excluding diaryl/α,β-unsaturated/α-hetero) is 1. The van der Waals surface area contributed by atoms with E-state index in [4.69, 9.17) is 0 Å². The minimum Gasteiger partial charge on any atom is -0.370 e. The Balaban J connectivity index is 2.17. The first-order valence-corrected chi connectivity index (χ1v) is 6.68. The van der Waals surface area contributed by atoms with Crippen molar-refractivity contribution in [3.8, 4) is 11.3 Å². The first-order valence-electron chi connectivity index (χ1n) is 5.80. The van der Waals surface area contributed by atoms with Gasteiger partial charge in [0.05, 0.1) is 16.8 Å². The summed E-state index contributed by atoms with van der Waals surface area (Å²) in [6.07, 6.45) is 5.38. The Morgan fingerprint density at radius 1 is 1.42 bits per heavy atom. The Bertz CT molecular complexity index is 759. The number of carbonyl (C=O) groups is 1. The summed E-state index contributed by atoms with van der Waals surface area (Å²) in [6, 6.07) is 1.90. The number of anilines is 1. The summed E-state index contributed by atoms with van der Waals surface area (Å²) < 4.78 is 1.96. The van der Waals surface area contributed by atoms with Crippen molar-refractivity contribution in [2.75, 3.05) is 12.4 Å². The second-order valence-corrected chi connectivity index (χ2v) is 5.03. The number of ketones is 1. The number of hydrogen-bond donors (Lipinski definition) is 1. The quantitative estimate of drug-likeness (QED) is 0.745. The van der Waals surface area contributed by atoms with Gasteiger partial charge < -0.3 is 5.32 Å². The lowest BCUT2D eigenvalue weighted by molar-refractivity contribution is 0.102. The highest BCUT2D eigenvalue weighted by molar-refractivity contribution is 7.12. The van der Waals surface area contributed by atoms with Gasteiger partial charge in [-0.3, -0.25) is 9.20 Å². The third-order valence-corrected chi connectivity index (χ3v) is 3.94. The number of hydrogen-bond acceptors (Lipinski definition) is 5. The summed E-state index contributed by atoms with van der Waals surface area (Å²) in [4.78, 5) is 20.7. The molecule has 6 heteroatoms. The van der Waals surface area contributed by atoms with Crippen LogP contribution in [0.15, 0.2) is 30.0 Å². The van der Waals surface area contributed by atoms with Gasteiger partial charge in [-0.15, -0.1) is 11.3 Å². The molecule has 0 atom stereocenters. The molecule has 0 saturated carbocycles. The third-order valence-electron chi connectivity index (χ3n) is 2.91. The van der Waals surface area contributed by atoms with Crippen molar-refractivity contribution < 1.29 is 4.79 Å². The summed E-state index contributed by atoms with van der Waals surface area (Å²) in [5, 5.41) is 4.98. The van der Waals surface area contributed by atoms with Gasteiger partial charge >= 0.3 is 0 Å². The van der Waals surface area contributed by atoms with E-state index in [1.165, 1.54) is 11.3 Å². The fraction of sp³-hybridized carbons (Fsp3) is 0.154. The number of aromatic nitrogens is 3. The van der Waals surface area contributed by atoms with Crippen molar-refractivity contribution in [1.29, 1.82) is 0 Å². The van der Waals surface area contributed by atoms with Crippen molar-refractivity contribution in [2.45, 2.75) is 6.92 Å². The summed E-state index contributed by atoms with van der Waals surface area (Å²) in [5.74, 6) is 0.818. The average molecular weight is 272 g/mol. The standard InChI is InChI=1S/C13H12N4OS/c1-8(18)11-5-9(7-19-11)10-6-16-13-12(14-2)15-3-4-17(10)13/h3-7H,1-2H3,(H,14,15). The van der Waals surface area contributed by atoms with Crippen molar-refractivity contribution >= 4 is 28.6 Å². The Hall–Kier alpha value is -2.21. The van der Waals surface area contributed by atoms with Crippen LogP contribution in [-0.4, -0.2) is 27.2 Å². The molecule has 1 N–H and O–H groups in total. The van der Waals surface area contributed by atoms with Crippen LogP contribution >= 0.6 is 11.3 Å². The smallest absolute Gasteiger partial charge is 0.180 e. The predicted molar refractivity (Wildman–Crippen MR) is 75.9 cm³/mol. The summed E-state index contributed by atoms with van der Waals surface area (Å²) in [6.45, 7) is 1.58. The van der Waals surface area contributed by atoms with Crippen LogP contribution in [0.1, 0.15) is 16.6 Å². The minimum atomic E-state index is 0.0858. The van der Waals surface area contributed by atoms with Gasteiger partial charge in [0.1, 0.15) is 0 Å². The molecular formula is C13H12N4OS. The van der Waals surface area contributed by atoms with Gasteiger partial charge in [-0.2, -0.15) is 0 Å². The highest BCUT2D eigenvalue weighted by Crippen LogP contribution is 2.27. The van der Waals surface area contributed by atoms with Gasteiger partial charge in [-0.1, -0.05) is 0 Å². The molecule has 0 aliphatic rings. The summed E-state index contributed by atoms with van der Waals surface area (Å²) in [5.41, 5.74) is 2.73. The zero-order valence-electron chi connectivity index (χ0n) is 10.5. The largest absolute Gasteiger partial charge is 0.370 e. The van der Waals surface area contributed by atoms with Gasteiger partial charge in [-0.25, -0.2) is 9.97 Å². The van der Waals surface area contributed by atoms with Crippen molar-refractivity contribution in [1.82, 2.24) is 14.4 Å². The molecule has 0 unspecified atom stereocenters. The lowest BCUT2D eigenvalue weighted by atomic mass is 10.2. The average Bonchev–Trinajstić information content (AvgIpc) is 3.04. The van der Waals surface area contributed by atoms with E-state index in [9.17, 15) is 4.79 Å². The lowest BCUT2D eigenvalue weighted by Crippen LogP contribution is -1.97. The maximum Gasteiger partial charge on any atom is 0.180 e. The van der Waals surface area contributed by atoms with Gasteiger partial charge in [-0.05, 0) is 13.0 Å². The van der Waals surface area contributed by atoms with E-state index >= 15 is 0 Å². The number of carbonyl (C=O) groups excluding carboxylic acids is 1. The van der Waals surface area contributed by atoms with Crippen LogP contribution in [0.5, 0.6) is 0 Å². The molecule has 0 saturated heterocycles. The van der Waals surface area contributed by atoms with Crippen LogP contribution in [-0.2, 0) is 0 Å².